The Morgan fingerprint density at radius 1 is 1.64 bits per heavy atom. The van der Waals surface area contributed by atoms with Gasteiger partial charge in [0, 0.05) is 11.0 Å². The number of hydrogen-bond acceptors (Lipinski definition) is 1. The Kier molecular flexibility index (Phi) is 3.00. The maximum Gasteiger partial charge on any atom is 0.212 e. The van der Waals surface area contributed by atoms with Gasteiger partial charge in [-0.25, -0.2) is 4.98 Å². The molecule has 1 aromatic heterocycles. The number of rotatable bonds is 2. The first kappa shape index (κ1) is 8.65. The standard InChI is InChI=1S/C8H9BrFN/c1-6(9)4-7-2-3-8(10)11-5-7/h2-3,5-6H,4H2,1H3. The third-order valence-electron chi connectivity index (χ3n) is 1.31. The van der Waals surface area contributed by atoms with E-state index in [9.17, 15) is 4.39 Å². The summed E-state index contributed by atoms with van der Waals surface area (Å²) in [6, 6.07) is 3.13. The van der Waals surface area contributed by atoms with E-state index in [1.54, 1.807) is 12.3 Å². The van der Waals surface area contributed by atoms with Crippen LogP contribution in [0.4, 0.5) is 4.39 Å². The van der Waals surface area contributed by atoms with Crippen LogP contribution in [0.25, 0.3) is 0 Å². The Labute approximate surface area is 73.8 Å². The summed E-state index contributed by atoms with van der Waals surface area (Å²) in [6.45, 7) is 2.04. The van der Waals surface area contributed by atoms with Crippen molar-refractivity contribution in [3.63, 3.8) is 0 Å². The molecule has 1 unspecified atom stereocenters. The van der Waals surface area contributed by atoms with Crippen molar-refractivity contribution in [3.8, 4) is 0 Å². The molecule has 0 spiro atoms. The molecule has 0 aliphatic carbocycles. The molecule has 0 aliphatic rings. The Balaban J connectivity index is 2.66. The van der Waals surface area contributed by atoms with Gasteiger partial charge in [-0.15, -0.1) is 0 Å². The zero-order valence-corrected chi connectivity index (χ0v) is 7.81. The predicted molar refractivity (Wildman–Crippen MR) is 46.3 cm³/mol. The second-order valence-corrected chi connectivity index (χ2v) is 4.04. The minimum atomic E-state index is -0.420. The van der Waals surface area contributed by atoms with E-state index >= 15 is 0 Å². The molecule has 0 bridgehead atoms. The van der Waals surface area contributed by atoms with Crippen LogP contribution in [-0.4, -0.2) is 9.81 Å². The Hall–Kier alpha value is -0.440. The predicted octanol–water partition coefficient (Wildman–Crippen LogP) is 2.55. The zero-order valence-electron chi connectivity index (χ0n) is 6.22. The van der Waals surface area contributed by atoms with Crippen molar-refractivity contribution in [3.05, 3.63) is 29.8 Å². The molecule has 60 valence electrons. The number of aromatic nitrogens is 1. The summed E-state index contributed by atoms with van der Waals surface area (Å²) in [4.78, 5) is 3.96. The largest absolute Gasteiger partial charge is 0.228 e. The van der Waals surface area contributed by atoms with Crippen molar-refractivity contribution >= 4 is 15.9 Å². The van der Waals surface area contributed by atoms with Crippen LogP contribution in [0.2, 0.25) is 0 Å². The second kappa shape index (κ2) is 3.81. The van der Waals surface area contributed by atoms with E-state index in [2.05, 4.69) is 20.9 Å². The average molecular weight is 218 g/mol. The molecule has 0 amide bonds. The van der Waals surface area contributed by atoms with Gasteiger partial charge in [-0.05, 0) is 18.1 Å². The molecule has 0 saturated heterocycles. The van der Waals surface area contributed by atoms with Crippen molar-refractivity contribution in [1.29, 1.82) is 0 Å². The van der Waals surface area contributed by atoms with Crippen molar-refractivity contribution in [1.82, 2.24) is 4.98 Å². The number of hydrogen-bond donors (Lipinski definition) is 0. The monoisotopic (exact) mass is 217 g/mol. The van der Waals surface area contributed by atoms with Crippen LogP contribution in [0.3, 0.4) is 0 Å². The third kappa shape index (κ3) is 2.97. The summed E-state index contributed by atoms with van der Waals surface area (Å²) in [6.07, 6.45) is 2.44. The summed E-state index contributed by atoms with van der Waals surface area (Å²) in [7, 11) is 0. The van der Waals surface area contributed by atoms with Crippen molar-refractivity contribution in [2.75, 3.05) is 0 Å². The Morgan fingerprint density at radius 2 is 2.36 bits per heavy atom. The smallest absolute Gasteiger partial charge is 0.212 e. The molecule has 1 aromatic rings. The number of halogens is 2. The molecule has 1 rings (SSSR count). The highest BCUT2D eigenvalue weighted by Gasteiger charge is 1.98. The Bertz CT molecular complexity index is 220. The second-order valence-electron chi connectivity index (χ2n) is 2.47. The van der Waals surface area contributed by atoms with E-state index in [4.69, 9.17) is 0 Å². The highest BCUT2D eigenvalue weighted by atomic mass is 79.9. The van der Waals surface area contributed by atoms with E-state index in [-0.39, 0.29) is 0 Å². The van der Waals surface area contributed by atoms with Gasteiger partial charge in [0.05, 0.1) is 0 Å². The van der Waals surface area contributed by atoms with Crippen molar-refractivity contribution in [2.45, 2.75) is 18.2 Å². The lowest BCUT2D eigenvalue weighted by molar-refractivity contribution is 0.582. The molecule has 1 atom stereocenters. The quantitative estimate of drug-likeness (QED) is 0.549. The first-order chi connectivity index (χ1) is 5.18. The molecule has 1 heterocycles. The summed E-state index contributed by atoms with van der Waals surface area (Å²) in [5, 5.41) is 0. The first-order valence-corrected chi connectivity index (χ1v) is 4.34. The molecule has 0 N–H and O–H groups in total. The highest BCUT2D eigenvalue weighted by molar-refractivity contribution is 9.09. The summed E-state index contributed by atoms with van der Waals surface area (Å²) in [5.74, 6) is -0.420. The molecule has 11 heavy (non-hydrogen) atoms. The lowest BCUT2D eigenvalue weighted by Gasteiger charge is -2.01. The van der Waals surface area contributed by atoms with Gasteiger partial charge in [0.25, 0.3) is 0 Å². The third-order valence-corrected chi connectivity index (χ3v) is 1.63. The minimum Gasteiger partial charge on any atom is -0.228 e. The van der Waals surface area contributed by atoms with Gasteiger partial charge >= 0.3 is 0 Å². The summed E-state index contributed by atoms with van der Waals surface area (Å²) < 4.78 is 12.3. The van der Waals surface area contributed by atoms with Gasteiger partial charge < -0.3 is 0 Å². The van der Waals surface area contributed by atoms with Gasteiger partial charge in [-0.2, -0.15) is 4.39 Å². The lowest BCUT2D eigenvalue weighted by Crippen LogP contribution is -1.97. The molecule has 0 fully saturated rings. The van der Waals surface area contributed by atoms with E-state index in [0.717, 1.165) is 12.0 Å². The maximum absolute atomic E-state index is 12.3. The number of nitrogens with zero attached hydrogens (tertiary/aromatic N) is 1. The van der Waals surface area contributed by atoms with Gasteiger partial charge in [-0.1, -0.05) is 28.9 Å². The molecule has 0 saturated carbocycles. The fraction of sp³-hybridized carbons (Fsp3) is 0.375. The van der Waals surface area contributed by atoms with Gasteiger partial charge in [0.1, 0.15) is 0 Å². The van der Waals surface area contributed by atoms with Gasteiger partial charge in [-0.3, -0.25) is 0 Å². The zero-order chi connectivity index (χ0) is 8.27. The molecule has 1 nitrogen and oxygen atoms in total. The van der Waals surface area contributed by atoms with Crippen LogP contribution >= 0.6 is 15.9 Å². The number of alkyl halides is 1. The van der Waals surface area contributed by atoms with Crippen LogP contribution in [0, 0.1) is 5.95 Å². The molecule has 0 radical (unpaired) electrons. The van der Waals surface area contributed by atoms with Crippen LogP contribution in [0.1, 0.15) is 12.5 Å². The number of pyridine rings is 1. The minimum absolute atomic E-state index is 0.412. The van der Waals surface area contributed by atoms with E-state index in [1.165, 1.54) is 6.07 Å². The molecule has 3 heteroatoms. The van der Waals surface area contributed by atoms with E-state index in [1.807, 2.05) is 6.92 Å². The van der Waals surface area contributed by atoms with Gasteiger partial charge in [0.2, 0.25) is 5.95 Å². The fourth-order valence-electron chi connectivity index (χ4n) is 0.852. The summed E-state index contributed by atoms with van der Waals surface area (Å²) >= 11 is 3.41. The topological polar surface area (TPSA) is 12.9 Å². The van der Waals surface area contributed by atoms with Crippen molar-refractivity contribution < 1.29 is 4.39 Å². The van der Waals surface area contributed by atoms with Crippen molar-refractivity contribution in [2.24, 2.45) is 0 Å². The SMILES string of the molecule is CC(Br)Cc1ccc(F)nc1. The van der Waals surface area contributed by atoms with Gasteiger partial charge in [0.15, 0.2) is 0 Å². The maximum atomic E-state index is 12.3. The average Bonchev–Trinajstić information content (AvgIpc) is 1.93. The molecular weight excluding hydrogens is 209 g/mol. The first-order valence-electron chi connectivity index (χ1n) is 3.43. The molecule has 0 aliphatic heterocycles. The molecular formula is C8H9BrFN. The summed E-state index contributed by atoms with van der Waals surface area (Å²) in [5.41, 5.74) is 1.05. The van der Waals surface area contributed by atoms with Crippen LogP contribution < -0.4 is 0 Å². The Morgan fingerprint density at radius 3 is 2.82 bits per heavy atom. The van der Waals surface area contributed by atoms with Crippen LogP contribution in [0.5, 0.6) is 0 Å². The highest BCUT2D eigenvalue weighted by Crippen LogP contribution is 2.07. The fourth-order valence-corrected chi connectivity index (χ4v) is 1.23. The van der Waals surface area contributed by atoms with E-state index in [0.29, 0.717) is 4.83 Å². The van der Waals surface area contributed by atoms with Crippen LogP contribution in [0.15, 0.2) is 18.3 Å². The van der Waals surface area contributed by atoms with Crippen LogP contribution in [-0.2, 0) is 6.42 Å². The molecule has 0 aromatic carbocycles. The normalized spacial score (nSPS) is 13.0. The lowest BCUT2D eigenvalue weighted by atomic mass is 10.2. The van der Waals surface area contributed by atoms with E-state index < -0.39 is 5.95 Å².